The minimum atomic E-state index is -0.792. The van der Waals surface area contributed by atoms with E-state index in [0.29, 0.717) is 19.3 Å². The first kappa shape index (κ1) is 77.3. The van der Waals surface area contributed by atoms with E-state index in [1.807, 2.05) is 0 Å². The molecule has 0 saturated carbocycles. The molecule has 81 heavy (non-hydrogen) atoms. The van der Waals surface area contributed by atoms with E-state index >= 15 is 0 Å². The molecule has 0 N–H and O–H groups in total. The highest BCUT2D eigenvalue weighted by Crippen LogP contribution is 2.17. The second-order valence-corrected chi connectivity index (χ2v) is 23.1. The van der Waals surface area contributed by atoms with Crippen LogP contribution in [0.2, 0.25) is 0 Å². The average Bonchev–Trinajstić information content (AvgIpc) is 3.47. The Hall–Kier alpha value is -3.67. The summed E-state index contributed by atoms with van der Waals surface area (Å²) in [6.07, 6.45) is 92.7. The van der Waals surface area contributed by atoms with E-state index < -0.39 is 6.10 Å². The van der Waals surface area contributed by atoms with Gasteiger partial charge in [-0.15, -0.1) is 0 Å². The normalized spacial score (nSPS) is 12.7. The van der Waals surface area contributed by atoms with E-state index in [4.69, 9.17) is 14.2 Å². The minimum absolute atomic E-state index is 0.0848. The number of carbonyl (C=O) groups is 3. The van der Waals surface area contributed by atoms with E-state index in [1.165, 1.54) is 186 Å². The molecule has 0 amide bonds. The van der Waals surface area contributed by atoms with Crippen molar-refractivity contribution in [1.82, 2.24) is 0 Å². The molecule has 6 heteroatoms. The summed E-state index contributed by atoms with van der Waals surface area (Å²) in [4.78, 5) is 38.5. The standard InChI is InChI=1S/C75H130O6/c1-4-7-10-13-16-19-22-25-28-31-34-36-37-39-41-44-47-50-53-56-59-62-65-68-74(77)80-71-72(70-79-73(76)67-64-61-58-55-52-49-46-43-40-33-30-27-24-21-18-15-12-9-6-3)81-75(78)69-66-63-60-57-54-51-48-45-42-38-35-32-29-26-23-20-17-14-11-8-5-2/h7,10,16,19,23,25-26,28,32,34-36,39,41,47,50,72H,4-6,8-9,11-15,17-18,20-22,24,27,29-31,33,37-38,40,42-46,48-49,51-71H2,1-3H3/b10-7-,19-16-,26-23-,28-25-,35-32-,36-34-,41-39-,50-47-. The lowest BCUT2D eigenvalue weighted by molar-refractivity contribution is -0.167. The largest absolute Gasteiger partial charge is 0.462 e. The van der Waals surface area contributed by atoms with Crippen molar-refractivity contribution in [3.8, 4) is 0 Å². The number of hydrogen-bond acceptors (Lipinski definition) is 6. The van der Waals surface area contributed by atoms with Gasteiger partial charge in [-0.2, -0.15) is 0 Å². The van der Waals surface area contributed by atoms with Gasteiger partial charge in [0.05, 0.1) is 0 Å². The summed E-state index contributed by atoms with van der Waals surface area (Å²) in [5, 5.41) is 0. The van der Waals surface area contributed by atoms with Crippen molar-refractivity contribution < 1.29 is 28.6 Å². The maximum atomic E-state index is 13.0. The zero-order valence-electron chi connectivity index (χ0n) is 53.5. The molecule has 0 aromatic rings. The molecule has 0 aliphatic heterocycles. The Morgan fingerprint density at radius 2 is 0.481 bits per heavy atom. The van der Waals surface area contributed by atoms with Crippen LogP contribution >= 0.6 is 0 Å². The lowest BCUT2D eigenvalue weighted by Gasteiger charge is -2.18. The van der Waals surface area contributed by atoms with Gasteiger partial charge in [0.15, 0.2) is 6.10 Å². The lowest BCUT2D eigenvalue weighted by atomic mass is 10.0. The van der Waals surface area contributed by atoms with Crippen molar-refractivity contribution in [2.24, 2.45) is 0 Å². The van der Waals surface area contributed by atoms with Crippen LogP contribution in [-0.4, -0.2) is 37.2 Å². The maximum absolute atomic E-state index is 13.0. The van der Waals surface area contributed by atoms with Crippen LogP contribution in [0.4, 0.5) is 0 Å². The molecule has 0 fully saturated rings. The summed E-state index contributed by atoms with van der Waals surface area (Å²) in [6.45, 7) is 6.54. The summed E-state index contributed by atoms with van der Waals surface area (Å²) in [5.41, 5.74) is 0. The topological polar surface area (TPSA) is 78.9 Å². The zero-order valence-corrected chi connectivity index (χ0v) is 53.5. The maximum Gasteiger partial charge on any atom is 0.306 e. The van der Waals surface area contributed by atoms with Crippen LogP contribution in [0.25, 0.3) is 0 Å². The smallest absolute Gasteiger partial charge is 0.306 e. The predicted octanol–water partition coefficient (Wildman–Crippen LogP) is 24.0. The molecule has 0 saturated heterocycles. The molecule has 0 spiro atoms. The second kappa shape index (κ2) is 68.8. The molecule has 0 aromatic heterocycles. The van der Waals surface area contributed by atoms with Gasteiger partial charge in [0.25, 0.3) is 0 Å². The highest BCUT2D eigenvalue weighted by Gasteiger charge is 2.19. The minimum Gasteiger partial charge on any atom is -0.462 e. The van der Waals surface area contributed by atoms with Gasteiger partial charge in [-0.3, -0.25) is 14.4 Å². The molecule has 1 unspecified atom stereocenters. The summed E-state index contributed by atoms with van der Waals surface area (Å²) in [7, 11) is 0. The van der Waals surface area contributed by atoms with Gasteiger partial charge < -0.3 is 14.2 Å². The van der Waals surface area contributed by atoms with Crippen LogP contribution in [-0.2, 0) is 28.6 Å². The molecule has 1 atom stereocenters. The summed E-state index contributed by atoms with van der Waals surface area (Å²) in [5.74, 6) is -0.898. The molecular weight excluding hydrogens is 997 g/mol. The number of allylic oxidation sites excluding steroid dienone is 16. The van der Waals surface area contributed by atoms with Crippen molar-refractivity contribution in [2.75, 3.05) is 13.2 Å². The fourth-order valence-electron chi connectivity index (χ4n) is 9.89. The fraction of sp³-hybridized carbons (Fsp3) is 0.747. The van der Waals surface area contributed by atoms with Gasteiger partial charge in [-0.1, -0.05) is 317 Å². The molecule has 0 aliphatic carbocycles. The van der Waals surface area contributed by atoms with Crippen molar-refractivity contribution >= 4 is 17.9 Å². The van der Waals surface area contributed by atoms with Gasteiger partial charge >= 0.3 is 17.9 Å². The van der Waals surface area contributed by atoms with Gasteiger partial charge in [0.1, 0.15) is 13.2 Å². The number of hydrogen-bond donors (Lipinski definition) is 0. The van der Waals surface area contributed by atoms with Gasteiger partial charge in [0.2, 0.25) is 0 Å². The first-order valence-corrected chi connectivity index (χ1v) is 34.7. The Morgan fingerprint density at radius 1 is 0.259 bits per heavy atom. The van der Waals surface area contributed by atoms with E-state index in [0.717, 1.165) is 116 Å². The monoisotopic (exact) mass is 1130 g/mol. The van der Waals surface area contributed by atoms with E-state index in [2.05, 4.69) is 118 Å². The molecule has 0 aliphatic rings. The van der Waals surface area contributed by atoms with Crippen LogP contribution in [0.3, 0.4) is 0 Å². The third kappa shape index (κ3) is 67.0. The molecule has 0 bridgehead atoms. The summed E-state index contributed by atoms with van der Waals surface area (Å²) < 4.78 is 17.0. The van der Waals surface area contributed by atoms with Crippen molar-refractivity contribution in [3.05, 3.63) is 97.2 Å². The molecule has 466 valence electrons. The summed E-state index contributed by atoms with van der Waals surface area (Å²) >= 11 is 0. The quantitative estimate of drug-likeness (QED) is 0.0261. The van der Waals surface area contributed by atoms with Crippen LogP contribution in [0, 0.1) is 0 Å². The Kier molecular flexibility index (Phi) is 65.7. The lowest BCUT2D eigenvalue weighted by Crippen LogP contribution is -2.30. The molecule has 0 radical (unpaired) electrons. The average molecular weight is 1130 g/mol. The van der Waals surface area contributed by atoms with Crippen molar-refractivity contribution in [3.63, 3.8) is 0 Å². The molecule has 0 heterocycles. The van der Waals surface area contributed by atoms with Crippen LogP contribution in [0.5, 0.6) is 0 Å². The van der Waals surface area contributed by atoms with Crippen molar-refractivity contribution in [1.29, 1.82) is 0 Å². The Labute approximate surface area is 502 Å². The number of rotatable bonds is 63. The molecule has 0 rings (SSSR count). The second-order valence-electron chi connectivity index (χ2n) is 23.1. The van der Waals surface area contributed by atoms with E-state index in [9.17, 15) is 14.4 Å². The highest BCUT2D eigenvalue weighted by atomic mass is 16.6. The van der Waals surface area contributed by atoms with Gasteiger partial charge in [-0.05, 0) is 103 Å². The molecular formula is C75H130O6. The SMILES string of the molecule is CC/C=C\C/C=C\C/C=C\C/C=C\C/C=C\C/C=C\CCCCCCC(=O)OCC(COC(=O)CCCCCCCCCCCCCCCCCCCCC)OC(=O)CCCCCCCCCCC/C=C\C/C=C\CCCCCCC. The van der Waals surface area contributed by atoms with E-state index in [1.54, 1.807) is 0 Å². The first-order valence-electron chi connectivity index (χ1n) is 34.7. The summed E-state index contributed by atoms with van der Waals surface area (Å²) in [6, 6.07) is 0. The Morgan fingerprint density at radius 3 is 0.753 bits per heavy atom. The third-order valence-corrected chi connectivity index (χ3v) is 15.1. The molecule has 6 nitrogen and oxygen atoms in total. The first-order chi connectivity index (χ1) is 40.0. The van der Waals surface area contributed by atoms with Gasteiger partial charge in [0, 0.05) is 19.3 Å². The van der Waals surface area contributed by atoms with Crippen LogP contribution in [0.15, 0.2) is 97.2 Å². The number of carbonyl (C=O) groups excluding carboxylic acids is 3. The predicted molar refractivity (Wildman–Crippen MR) is 353 cm³/mol. The fourth-order valence-corrected chi connectivity index (χ4v) is 9.89. The molecule has 0 aromatic carbocycles. The highest BCUT2D eigenvalue weighted by molar-refractivity contribution is 5.71. The number of ether oxygens (including phenoxy) is 3. The van der Waals surface area contributed by atoms with Crippen LogP contribution < -0.4 is 0 Å². The van der Waals surface area contributed by atoms with E-state index in [-0.39, 0.29) is 31.1 Å². The number of unbranched alkanes of at least 4 members (excludes halogenated alkanes) is 36. The Bertz CT molecular complexity index is 1580. The van der Waals surface area contributed by atoms with Crippen LogP contribution in [0.1, 0.15) is 342 Å². The zero-order chi connectivity index (χ0) is 58.5. The van der Waals surface area contributed by atoms with Crippen molar-refractivity contribution in [2.45, 2.75) is 348 Å². The van der Waals surface area contributed by atoms with Gasteiger partial charge in [-0.25, -0.2) is 0 Å². The third-order valence-electron chi connectivity index (χ3n) is 15.1. The number of esters is 3. The Balaban J connectivity index is 4.43.